The van der Waals surface area contributed by atoms with Crippen molar-refractivity contribution in [2.75, 3.05) is 0 Å². The fraction of sp³-hybridized carbons (Fsp3) is 0.438. The lowest BCUT2D eigenvalue weighted by Gasteiger charge is -2.49. The molecule has 2 unspecified atom stereocenters. The summed E-state index contributed by atoms with van der Waals surface area (Å²) in [5, 5.41) is -0.938. The Bertz CT molecular complexity index is 729. The van der Waals surface area contributed by atoms with Crippen molar-refractivity contribution in [2.45, 2.75) is 26.4 Å². The predicted molar refractivity (Wildman–Crippen MR) is 96.6 cm³/mol. The van der Waals surface area contributed by atoms with E-state index < -0.39 is 34.0 Å². The van der Waals surface area contributed by atoms with Crippen molar-refractivity contribution in [3.05, 3.63) is 43.3 Å². The Balaban J connectivity index is 2.21. The predicted octanol–water partition coefficient (Wildman–Crippen LogP) is 7.22. The molecule has 1 aromatic carbocycles. The minimum atomic E-state index is -4.02. The summed E-state index contributed by atoms with van der Waals surface area (Å²) in [4.78, 5) is 12.3. The van der Waals surface area contributed by atoms with Gasteiger partial charge >= 0.3 is 12.1 Å². The SMILES string of the molecule is CC1(C)C(C=C(Cl)Cl)CC1C(=O)OC(F)(F)c1c(Cl)ccc(Cl)c1Cl. The van der Waals surface area contributed by atoms with Crippen LogP contribution in [0.4, 0.5) is 8.78 Å². The van der Waals surface area contributed by atoms with Crippen molar-refractivity contribution >= 4 is 64.0 Å². The van der Waals surface area contributed by atoms with E-state index in [2.05, 4.69) is 4.74 Å². The maximum atomic E-state index is 14.5. The normalized spacial score (nSPS) is 22.1. The van der Waals surface area contributed by atoms with E-state index in [0.717, 1.165) is 6.07 Å². The third-order valence-corrected chi connectivity index (χ3v) is 5.89. The van der Waals surface area contributed by atoms with Crippen molar-refractivity contribution in [3.8, 4) is 0 Å². The number of hydrogen-bond acceptors (Lipinski definition) is 2. The highest BCUT2D eigenvalue weighted by Crippen LogP contribution is 2.54. The third-order valence-electron chi connectivity index (χ3n) is 4.52. The number of ether oxygens (including phenoxy) is 1. The van der Waals surface area contributed by atoms with E-state index in [0.29, 0.717) is 6.42 Å². The Kier molecular flexibility index (Phi) is 6.23. The van der Waals surface area contributed by atoms with Gasteiger partial charge in [-0.1, -0.05) is 77.9 Å². The van der Waals surface area contributed by atoms with Gasteiger partial charge in [0.15, 0.2) is 0 Å². The smallest absolute Gasteiger partial charge is 0.397 e. The molecule has 0 radical (unpaired) electrons. The third kappa shape index (κ3) is 4.19. The van der Waals surface area contributed by atoms with Gasteiger partial charge in [-0.15, -0.1) is 0 Å². The first-order chi connectivity index (χ1) is 11.4. The van der Waals surface area contributed by atoms with Crippen LogP contribution in [0.1, 0.15) is 25.8 Å². The minimum Gasteiger partial charge on any atom is -0.397 e. The van der Waals surface area contributed by atoms with E-state index in [1.807, 2.05) is 0 Å². The van der Waals surface area contributed by atoms with Crippen LogP contribution in [-0.2, 0) is 15.6 Å². The molecular formula is C16H13Cl5F2O2. The Labute approximate surface area is 169 Å². The number of halogens is 7. The fourth-order valence-electron chi connectivity index (χ4n) is 2.84. The lowest BCUT2D eigenvalue weighted by molar-refractivity contribution is -0.251. The van der Waals surface area contributed by atoms with Crippen molar-refractivity contribution in [2.24, 2.45) is 17.3 Å². The molecule has 138 valence electrons. The van der Waals surface area contributed by atoms with E-state index in [1.165, 1.54) is 6.07 Å². The first-order valence-corrected chi connectivity index (χ1v) is 9.04. The molecule has 2 nitrogen and oxygen atoms in total. The Hall–Kier alpha value is -0.260. The summed E-state index contributed by atoms with van der Waals surface area (Å²) >= 11 is 28.6. The summed E-state index contributed by atoms with van der Waals surface area (Å²) in [6.45, 7) is 3.50. The van der Waals surface area contributed by atoms with E-state index in [9.17, 15) is 13.6 Å². The van der Waals surface area contributed by atoms with Crippen LogP contribution in [0.3, 0.4) is 0 Å². The first-order valence-electron chi connectivity index (χ1n) is 7.15. The molecule has 0 amide bonds. The highest BCUT2D eigenvalue weighted by Gasteiger charge is 2.54. The molecule has 1 saturated carbocycles. The Morgan fingerprint density at radius 1 is 1.24 bits per heavy atom. The zero-order chi connectivity index (χ0) is 19.2. The summed E-state index contributed by atoms with van der Waals surface area (Å²) in [5.41, 5.74) is -1.47. The van der Waals surface area contributed by atoms with Gasteiger partial charge in [0.05, 0.1) is 21.0 Å². The molecule has 0 saturated heterocycles. The number of hydrogen-bond donors (Lipinski definition) is 0. The second-order valence-electron chi connectivity index (χ2n) is 6.33. The molecule has 1 aliphatic rings. The maximum Gasteiger partial charge on any atom is 0.431 e. The zero-order valence-corrected chi connectivity index (χ0v) is 16.8. The van der Waals surface area contributed by atoms with Crippen molar-refractivity contribution in [3.63, 3.8) is 0 Å². The van der Waals surface area contributed by atoms with E-state index in [-0.39, 0.29) is 20.5 Å². The molecule has 9 heteroatoms. The van der Waals surface area contributed by atoms with Crippen LogP contribution >= 0.6 is 58.0 Å². The van der Waals surface area contributed by atoms with Crippen LogP contribution in [0, 0.1) is 17.3 Å². The molecule has 1 fully saturated rings. The number of carbonyl (C=O) groups is 1. The number of alkyl halides is 2. The van der Waals surface area contributed by atoms with E-state index in [1.54, 1.807) is 19.9 Å². The van der Waals surface area contributed by atoms with Crippen LogP contribution in [0.2, 0.25) is 15.1 Å². The molecule has 1 aliphatic carbocycles. The van der Waals surface area contributed by atoms with Gasteiger partial charge in [0.1, 0.15) is 10.1 Å². The first kappa shape index (κ1) is 21.0. The maximum absolute atomic E-state index is 14.5. The minimum absolute atomic E-state index is 0.0627. The largest absolute Gasteiger partial charge is 0.431 e. The van der Waals surface area contributed by atoms with Gasteiger partial charge in [-0.25, -0.2) is 0 Å². The second-order valence-corrected chi connectivity index (χ2v) is 8.53. The molecule has 25 heavy (non-hydrogen) atoms. The second kappa shape index (κ2) is 7.40. The molecule has 0 aliphatic heterocycles. The summed E-state index contributed by atoms with van der Waals surface area (Å²) in [5.74, 6) is -1.93. The number of esters is 1. The van der Waals surface area contributed by atoms with E-state index in [4.69, 9.17) is 58.0 Å². The van der Waals surface area contributed by atoms with Gasteiger partial charge in [0.25, 0.3) is 0 Å². The Morgan fingerprint density at radius 2 is 1.80 bits per heavy atom. The van der Waals surface area contributed by atoms with Crippen molar-refractivity contribution in [1.82, 2.24) is 0 Å². The molecule has 0 N–H and O–H groups in total. The number of carbonyl (C=O) groups excluding carboxylic acids is 1. The number of allylic oxidation sites excluding steroid dienone is 1. The van der Waals surface area contributed by atoms with Crippen molar-refractivity contribution in [1.29, 1.82) is 0 Å². The van der Waals surface area contributed by atoms with Crippen LogP contribution in [0.5, 0.6) is 0 Å². The molecule has 2 rings (SSSR count). The fourth-order valence-corrected chi connectivity index (χ4v) is 3.89. The lowest BCUT2D eigenvalue weighted by atomic mass is 9.55. The Morgan fingerprint density at radius 3 is 2.32 bits per heavy atom. The molecule has 0 aromatic heterocycles. The highest BCUT2D eigenvalue weighted by molar-refractivity contribution is 6.55. The van der Waals surface area contributed by atoms with Crippen LogP contribution < -0.4 is 0 Å². The summed E-state index contributed by atoms with van der Waals surface area (Å²) in [6.07, 6.45) is -2.14. The standard InChI is InChI=1S/C16H13Cl5F2O2/c1-15(2)7(6-11(19)20)5-8(15)14(24)25-16(22,23)12-9(17)3-4-10(18)13(12)21/h3-4,6-8H,5H2,1-2H3. The average molecular weight is 453 g/mol. The average Bonchev–Trinajstić information content (AvgIpc) is 2.46. The number of benzene rings is 1. The van der Waals surface area contributed by atoms with Crippen LogP contribution in [0.25, 0.3) is 0 Å². The van der Waals surface area contributed by atoms with Crippen molar-refractivity contribution < 1.29 is 18.3 Å². The lowest BCUT2D eigenvalue weighted by Crippen LogP contribution is -2.49. The summed E-state index contributed by atoms with van der Waals surface area (Å²) in [7, 11) is 0. The van der Waals surface area contributed by atoms with Crippen LogP contribution in [0.15, 0.2) is 22.7 Å². The monoisotopic (exact) mass is 450 g/mol. The molecule has 0 bridgehead atoms. The zero-order valence-electron chi connectivity index (χ0n) is 13.1. The summed E-state index contributed by atoms with van der Waals surface area (Å²) in [6, 6.07) is 2.43. The van der Waals surface area contributed by atoms with Gasteiger partial charge in [-0.2, -0.15) is 8.78 Å². The topological polar surface area (TPSA) is 26.3 Å². The quantitative estimate of drug-likeness (QED) is 0.356. The van der Waals surface area contributed by atoms with Crippen LogP contribution in [-0.4, -0.2) is 5.97 Å². The van der Waals surface area contributed by atoms with Gasteiger partial charge in [0.2, 0.25) is 0 Å². The molecule has 1 aromatic rings. The van der Waals surface area contributed by atoms with E-state index >= 15 is 0 Å². The van der Waals surface area contributed by atoms with Gasteiger partial charge in [0, 0.05) is 0 Å². The van der Waals surface area contributed by atoms with Gasteiger partial charge < -0.3 is 4.74 Å². The molecular weight excluding hydrogens is 439 g/mol. The highest BCUT2D eigenvalue weighted by atomic mass is 35.5. The van der Waals surface area contributed by atoms with Gasteiger partial charge in [-0.3, -0.25) is 4.79 Å². The molecule has 0 spiro atoms. The molecule has 2 atom stereocenters. The van der Waals surface area contributed by atoms with Gasteiger partial charge in [-0.05, 0) is 29.9 Å². The number of rotatable bonds is 4. The summed E-state index contributed by atoms with van der Waals surface area (Å²) < 4.78 is 33.4. The molecule has 0 heterocycles.